The number of aryl methyl sites for hydroxylation is 2. The zero-order valence-electron chi connectivity index (χ0n) is 12.2. The fourth-order valence-electron chi connectivity index (χ4n) is 1.15. The number of carboxylic acid groups (broad SMARTS) is 1. The molecule has 0 saturated heterocycles. The molecule has 2 aromatic rings. The van der Waals surface area contributed by atoms with Crippen molar-refractivity contribution in [2.75, 3.05) is 5.73 Å². The first kappa shape index (κ1) is 17.7. The molecule has 108 valence electrons. The van der Waals surface area contributed by atoms with E-state index in [1.54, 1.807) is 0 Å². The largest absolute Gasteiger partial charge is 0.550 e. The number of anilines is 1. The molecule has 0 spiro atoms. The Bertz CT molecular complexity index is 416. The Kier molecular flexibility index (Phi) is 8.46. The molecule has 4 heteroatoms. The van der Waals surface area contributed by atoms with Crippen molar-refractivity contribution in [3.63, 3.8) is 0 Å². The molecule has 20 heavy (non-hydrogen) atoms. The lowest BCUT2D eigenvalue weighted by Crippen LogP contribution is -2.39. The number of nitrogens with two attached hydrogens (primary N) is 1. The molecule has 0 heterocycles. The van der Waals surface area contributed by atoms with Gasteiger partial charge in [-0.05, 0) is 45.0 Å². The van der Waals surface area contributed by atoms with Gasteiger partial charge in [-0.25, -0.2) is 0 Å². The number of benzene rings is 2. The summed E-state index contributed by atoms with van der Waals surface area (Å²) < 4.78 is 0. The summed E-state index contributed by atoms with van der Waals surface area (Å²) in [7, 11) is 0. The van der Waals surface area contributed by atoms with Gasteiger partial charge in [0.1, 0.15) is 5.69 Å². The molecule has 2 aromatic carbocycles. The van der Waals surface area contributed by atoms with Crippen LogP contribution >= 0.6 is 0 Å². The van der Waals surface area contributed by atoms with Crippen LogP contribution < -0.4 is 16.6 Å². The minimum absolute atomic E-state index is 0.829. The summed E-state index contributed by atoms with van der Waals surface area (Å²) in [5.41, 5.74) is 13.6. The second kappa shape index (κ2) is 9.58. The number of nitrogen functional groups attached to an aromatic ring is 1. The Balaban J connectivity index is 0.000000289. The zero-order valence-corrected chi connectivity index (χ0v) is 12.2. The molecule has 0 aliphatic heterocycles. The van der Waals surface area contributed by atoms with E-state index >= 15 is 0 Å². The molecule has 0 atom stereocenters. The summed E-state index contributed by atoms with van der Waals surface area (Å²) in [6.07, 6.45) is 0. The molecule has 0 fully saturated rings. The smallest absolute Gasteiger partial charge is 0.127 e. The lowest BCUT2D eigenvalue weighted by Gasteiger charge is -1.90. The minimum atomic E-state index is -1.08. The van der Waals surface area contributed by atoms with E-state index in [1.807, 2.05) is 43.3 Å². The quantitative estimate of drug-likeness (QED) is 0.707. The van der Waals surface area contributed by atoms with Gasteiger partial charge in [-0.2, -0.15) is 0 Å². The van der Waals surface area contributed by atoms with Crippen LogP contribution in [0.1, 0.15) is 18.1 Å². The lowest BCUT2D eigenvalue weighted by molar-refractivity contribution is -0.302. The van der Waals surface area contributed by atoms with Gasteiger partial charge < -0.3 is 21.4 Å². The van der Waals surface area contributed by atoms with Crippen molar-refractivity contribution in [3.05, 3.63) is 59.7 Å². The van der Waals surface area contributed by atoms with Crippen LogP contribution in [0.4, 0.5) is 11.4 Å². The van der Waals surface area contributed by atoms with Gasteiger partial charge in [0.15, 0.2) is 0 Å². The molecule has 2 rings (SSSR count). The van der Waals surface area contributed by atoms with Crippen LogP contribution in [-0.2, 0) is 4.79 Å². The first-order valence-electron chi connectivity index (χ1n) is 6.19. The van der Waals surface area contributed by atoms with Crippen molar-refractivity contribution < 1.29 is 15.6 Å². The number of aliphatic carboxylic acids is 1. The predicted octanol–water partition coefficient (Wildman–Crippen LogP) is 1.20. The van der Waals surface area contributed by atoms with Crippen LogP contribution in [0.25, 0.3) is 0 Å². The zero-order chi connectivity index (χ0) is 15.5. The van der Waals surface area contributed by atoms with E-state index in [0.717, 1.165) is 18.3 Å². The van der Waals surface area contributed by atoms with E-state index in [0.29, 0.717) is 0 Å². The van der Waals surface area contributed by atoms with Crippen molar-refractivity contribution in [2.24, 2.45) is 0 Å². The Hall–Kier alpha value is -2.33. The maximum absolute atomic E-state index is 8.89. The monoisotopic (exact) mass is 274 g/mol. The topological polar surface area (TPSA) is 93.8 Å². The molecular weight excluding hydrogens is 252 g/mol. The van der Waals surface area contributed by atoms with Gasteiger partial charge in [0.2, 0.25) is 0 Å². The fourth-order valence-corrected chi connectivity index (χ4v) is 1.15. The number of rotatable bonds is 0. The van der Waals surface area contributed by atoms with Gasteiger partial charge in [0, 0.05) is 11.7 Å². The van der Waals surface area contributed by atoms with Gasteiger partial charge in [-0.1, -0.05) is 35.4 Å². The summed E-state index contributed by atoms with van der Waals surface area (Å²) >= 11 is 0. The van der Waals surface area contributed by atoms with Crippen LogP contribution in [0, 0.1) is 13.8 Å². The van der Waals surface area contributed by atoms with Gasteiger partial charge in [-0.3, -0.25) is 0 Å². The number of carboxylic acids is 1. The highest BCUT2D eigenvalue weighted by Crippen LogP contribution is 2.02. The molecule has 0 saturated carbocycles. The number of carbonyl (C=O) groups excluding carboxylic acids is 1. The summed E-state index contributed by atoms with van der Waals surface area (Å²) in [6.45, 7) is 5.08. The van der Waals surface area contributed by atoms with Crippen LogP contribution in [0.3, 0.4) is 0 Å². The Morgan fingerprint density at radius 1 is 0.950 bits per heavy atom. The van der Waals surface area contributed by atoms with Crippen molar-refractivity contribution >= 4 is 17.3 Å². The maximum atomic E-state index is 8.89. The maximum Gasteiger partial charge on any atom is 0.127 e. The molecule has 0 aromatic heterocycles. The molecule has 0 unspecified atom stereocenters. The highest BCUT2D eigenvalue weighted by atomic mass is 16.4. The average molecular weight is 274 g/mol. The van der Waals surface area contributed by atoms with Crippen LogP contribution in [0.2, 0.25) is 0 Å². The van der Waals surface area contributed by atoms with E-state index in [1.165, 1.54) is 11.1 Å². The predicted molar refractivity (Wildman–Crippen MR) is 80.0 cm³/mol. The number of hydrogen-bond acceptors (Lipinski definition) is 3. The van der Waals surface area contributed by atoms with Crippen LogP contribution in [0.5, 0.6) is 0 Å². The molecule has 0 radical (unpaired) electrons. The highest BCUT2D eigenvalue weighted by molar-refractivity contribution is 5.60. The standard InChI is InChI=1S/2C7H9N.C2H4O2/c2*1-6-2-4-7(8)5-3-6;1-2(3)4/h2*2-5H,8H2,1H3;1H3,(H,3,4). The van der Waals surface area contributed by atoms with E-state index in [2.05, 4.69) is 24.8 Å². The summed E-state index contributed by atoms with van der Waals surface area (Å²) in [4.78, 5) is 8.89. The molecule has 0 amide bonds. The third kappa shape index (κ3) is 10.8. The van der Waals surface area contributed by atoms with E-state index in [9.17, 15) is 0 Å². The molecule has 0 aliphatic carbocycles. The van der Waals surface area contributed by atoms with E-state index < -0.39 is 5.97 Å². The number of quaternary nitrogens is 1. The second-order valence-electron chi connectivity index (χ2n) is 4.39. The molecule has 0 bridgehead atoms. The highest BCUT2D eigenvalue weighted by Gasteiger charge is 1.83. The van der Waals surface area contributed by atoms with Gasteiger partial charge >= 0.3 is 0 Å². The van der Waals surface area contributed by atoms with Crippen LogP contribution in [-0.4, -0.2) is 5.97 Å². The second-order valence-corrected chi connectivity index (χ2v) is 4.39. The van der Waals surface area contributed by atoms with Crippen molar-refractivity contribution in [1.82, 2.24) is 0 Å². The van der Waals surface area contributed by atoms with Gasteiger partial charge in [0.25, 0.3) is 0 Å². The van der Waals surface area contributed by atoms with Crippen molar-refractivity contribution in [3.8, 4) is 0 Å². The minimum Gasteiger partial charge on any atom is -0.550 e. The Morgan fingerprint density at radius 2 is 1.25 bits per heavy atom. The molecule has 0 aliphatic rings. The summed E-state index contributed by atoms with van der Waals surface area (Å²) in [5, 5.41) is 8.89. The van der Waals surface area contributed by atoms with Gasteiger partial charge in [0.05, 0.1) is 0 Å². The Morgan fingerprint density at radius 3 is 1.50 bits per heavy atom. The molecule has 5 N–H and O–H groups in total. The normalized spacial score (nSPS) is 8.60. The number of carbonyl (C=O) groups is 1. The van der Waals surface area contributed by atoms with Crippen molar-refractivity contribution in [2.45, 2.75) is 20.8 Å². The van der Waals surface area contributed by atoms with E-state index in [-0.39, 0.29) is 0 Å². The third-order valence-corrected chi connectivity index (χ3v) is 2.20. The summed E-state index contributed by atoms with van der Waals surface area (Å²) in [5.74, 6) is -1.08. The third-order valence-electron chi connectivity index (χ3n) is 2.20. The average Bonchev–Trinajstić information content (AvgIpc) is 2.37. The van der Waals surface area contributed by atoms with Crippen molar-refractivity contribution in [1.29, 1.82) is 0 Å². The first-order chi connectivity index (χ1) is 9.31. The van der Waals surface area contributed by atoms with Crippen LogP contribution in [0.15, 0.2) is 48.5 Å². The molecular formula is C16H22N2O2. The van der Waals surface area contributed by atoms with Gasteiger partial charge in [-0.15, -0.1) is 0 Å². The fraction of sp³-hybridized carbons (Fsp3) is 0.188. The van der Waals surface area contributed by atoms with E-state index in [4.69, 9.17) is 15.6 Å². The summed E-state index contributed by atoms with van der Waals surface area (Å²) in [6, 6.07) is 15.9. The lowest BCUT2D eigenvalue weighted by atomic mass is 10.2. The first-order valence-corrected chi connectivity index (χ1v) is 6.19. The SMILES string of the molecule is CC(=O)[O-].Cc1ccc(N)cc1.Cc1ccc([NH3+])cc1. The number of hydrogen-bond donors (Lipinski definition) is 2. The Labute approximate surface area is 120 Å². The molecule has 4 nitrogen and oxygen atoms in total.